The second-order valence-electron chi connectivity index (χ2n) is 9.67. The van der Waals surface area contributed by atoms with Crippen LogP contribution in [0.15, 0.2) is 112 Å². The van der Waals surface area contributed by atoms with Crippen molar-refractivity contribution in [2.75, 3.05) is 0 Å². The van der Waals surface area contributed by atoms with Crippen molar-refractivity contribution in [1.82, 2.24) is 0 Å². The van der Waals surface area contributed by atoms with Gasteiger partial charge in [0, 0.05) is 16.7 Å². The molecule has 4 aromatic carbocycles. The monoisotopic (exact) mass is 480 g/mol. The first-order valence-corrected chi connectivity index (χ1v) is 12.6. The van der Waals surface area contributed by atoms with E-state index in [0.29, 0.717) is 0 Å². The minimum absolute atomic E-state index is 0.833. The van der Waals surface area contributed by atoms with Crippen LogP contribution in [0.2, 0.25) is 0 Å². The number of benzene rings is 4. The van der Waals surface area contributed by atoms with Gasteiger partial charge >= 0.3 is 0 Å². The number of furan rings is 1. The molecule has 180 valence electrons. The lowest BCUT2D eigenvalue weighted by molar-refractivity contribution is 0.582. The first-order chi connectivity index (χ1) is 18.0. The van der Waals surface area contributed by atoms with E-state index >= 15 is 0 Å². The fourth-order valence-electron chi connectivity index (χ4n) is 5.16. The number of rotatable bonds is 3. The summed E-state index contributed by atoms with van der Waals surface area (Å²) in [5.74, 6) is 0.833. The van der Waals surface area contributed by atoms with Crippen LogP contribution in [-0.2, 0) is 0 Å². The maximum absolute atomic E-state index is 6.31. The number of hydrogen-bond donors (Lipinski definition) is 0. The van der Waals surface area contributed by atoms with E-state index in [1.54, 1.807) is 0 Å². The highest BCUT2D eigenvalue weighted by Gasteiger charge is 2.33. The van der Waals surface area contributed by atoms with E-state index in [1.165, 1.54) is 0 Å². The summed E-state index contributed by atoms with van der Waals surface area (Å²) in [6.07, 6.45) is 1.86. The number of hydrogen-bond acceptors (Lipinski definition) is 3. The molecule has 0 radical (unpaired) electrons. The van der Waals surface area contributed by atoms with Crippen LogP contribution in [0, 0.1) is 27.7 Å². The van der Waals surface area contributed by atoms with Crippen LogP contribution in [0.1, 0.15) is 33.4 Å². The summed E-state index contributed by atoms with van der Waals surface area (Å²) in [5, 5.41) is 0. The zero-order chi connectivity index (χ0) is 25.5. The molecule has 5 aromatic rings. The molecule has 0 amide bonds. The van der Waals surface area contributed by atoms with Crippen molar-refractivity contribution in [2.24, 2.45) is 9.98 Å². The molecule has 0 unspecified atom stereocenters. The lowest BCUT2D eigenvalue weighted by Gasteiger charge is -2.22. The van der Waals surface area contributed by atoms with E-state index in [2.05, 4.69) is 113 Å². The van der Waals surface area contributed by atoms with Crippen LogP contribution in [-0.4, -0.2) is 11.4 Å². The van der Waals surface area contributed by atoms with Crippen molar-refractivity contribution in [3.05, 3.63) is 131 Å². The molecule has 0 atom stereocenters. The molecule has 3 heteroatoms. The Kier molecular flexibility index (Phi) is 5.69. The fraction of sp³-hybridized carbons (Fsp3) is 0.118. The third-order valence-electron chi connectivity index (χ3n) is 7.09. The molecule has 0 fully saturated rings. The van der Waals surface area contributed by atoms with Crippen molar-refractivity contribution < 1.29 is 4.42 Å². The fourth-order valence-corrected chi connectivity index (χ4v) is 5.16. The van der Waals surface area contributed by atoms with Crippen molar-refractivity contribution in [2.45, 2.75) is 27.7 Å². The minimum Gasteiger partial charge on any atom is -0.463 e. The molecule has 1 heterocycles. The van der Waals surface area contributed by atoms with Gasteiger partial charge < -0.3 is 4.42 Å². The summed E-state index contributed by atoms with van der Waals surface area (Å²) in [6.45, 7) is 8.45. The van der Waals surface area contributed by atoms with E-state index in [4.69, 9.17) is 14.4 Å². The minimum atomic E-state index is 0.833. The van der Waals surface area contributed by atoms with E-state index in [1.807, 2.05) is 12.3 Å². The summed E-state index contributed by atoms with van der Waals surface area (Å²) in [5.41, 5.74) is 13.3. The van der Waals surface area contributed by atoms with E-state index in [9.17, 15) is 0 Å². The zero-order valence-corrected chi connectivity index (χ0v) is 21.5. The highest BCUT2D eigenvalue weighted by atomic mass is 16.3. The quantitative estimate of drug-likeness (QED) is 0.254. The van der Waals surface area contributed by atoms with Gasteiger partial charge in [-0.1, -0.05) is 91.0 Å². The van der Waals surface area contributed by atoms with Crippen LogP contribution >= 0.6 is 0 Å². The van der Waals surface area contributed by atoms with Gasteiger partial charge in [-0.2, -0.15) is 0 Å². The topological polar surface area (TPSA) is 37.9 Å². The van der Waals surface area contributed by atoms with Crippen LogP contribution in [0.5, 0.6) is 0 Å². The first-order valence-electron chi connectivity index (χ1n) is 12.6. The number of aryl methyl sites for hydroxylation is 4. The molecule has 6 rings (SSSR count). The molecule has 3 nitrogen and oxygen atoms in total. The van der Waals surface area contributed by atoms with E-state index in [0.717, 1.165) is 78.6 Å². The Balaban J connectivity index is 1.74. The van der Waals surface area contributed by atoms with Gasteiger partial charge in [-0.3, -0.25) is 0 Å². The second-order valence-corrected chi connectivity index (χ2v) is 9.67. The Morgan fingerprint density at radius 2 is 1.00 bits per heavy atom. The standard InChI is InChI=1S/C34H28N2O/c1-21-12-10-13-22(2)30(21)35-32-26-18-8-9-19-27(26)34-29(28(20-37-34)25-16-6-5-7-17-25)33(32)36-31-23(3)14-11-15-24(31)4/h5-20H,1-4H3. The highest BCUT2D eigenvalue weighted by Crippen LogP contribution is 2.43. The molecular weight excluding hydrogens is 452 g/mol. The molecule has 0 N–H and O–H groups in total. The molecule has 1 aromatic heterocycles. The van der Waals surface area contributed by atoms with Gasteiger partial charge in [-0.25, -0.2) is 9.98 Å². The number of fused-ring (bicyclic) bond motifs is 3. The van der Waals surface area contributed by atoms with Gasteiger partial charge in [-0.15, -0.1) is 0 Å². The third-order valence-corrected chi connectivity index (χ3v) is 7.09. The summed E-state index contributed by atoms with van der Waals surface area (Å²) in [6, 6.07) is 31.3. The Bertz CT molecular complexity index is 1650. The van der Waals surface area contributed by atoms with Gasteiger partial charge in [0.25, 0.3) is 0 Å². The Labute approximate surface area is 217 Å². The lowest BCUT2D eigenvalue weighted by atomic mass is 9.84. The molecule has 0 bridgehead atoms. The van der Waals surface area contributed by atoms with Crippen molar-refractivity contribution in [3.63, 3.8) is 0 Å². The van der Waals surface area contributed by atoms with Crippen molar-refractivity contribution >= 4 is 22.8 Å². The molecule has 1 aliphatic carbocycles. The number of para-hydroxylation sites is 2. The van der Waals surface area contributed by atoms with Gasteiger partial charge in [0.2, 0.25) is 0 Å². The van der Waals surface area contributed by atoms with E-state index < -0.39 is 0 Å². The average Bonchev–Trinajstić information content (AvgIpc) is 3.35. The largest absolute Gasteiger partial charge is 0.463 e. The van der Waals surface area contributed by atoms with Gasteiger partial charge in [-0.05, 0) is 55.5 Å². The molecule has 0 aliphatic heterocycles. The molecule has 0 saturated heterocycles. The Hall–Kier alpha value is -4.50. The average molecular weight is 481 g/mol. The molecule has 0 spiro atoms. The predicted octanol–water partition coefficient (Wildman–Crippen LogP) is 9.10. The van der Waals surface area contributed by atoms with Crippen LogP contribution in [0.25, 0.3) is 22.5 Å². The number of nitrogens with zero attached hydrogens (tertiary/aromatic N) is 2. The summed E-state index contributed by atoms with van der Waals surface area (Å²) in [7, 11) is 0. The first kappa shape index (κ1) is 22.9. The summed E-state index contributed by atoms with van der Waals surface area (Å²) >= 11 is 0. The number of aliphatic imine (C=N–C) groups is 2. The lowest BCUT2D eigenvalue weighted by Crippen LogP contribution is -2.23. The zero-order valence-electron chi connectivity index (χ0n) is 21.5. The van der Waals surface area contributed by atoms with Crippen molar-refractivity contribution in [1.29, 1.82) is 0 Å². The summed E-state index contributed by atoms with van der Waals surface area (Å²) in [4.78, 5) is 10.7. The predicted molar refractivity (Wildman–Crippen MR) is 154 cm³/mol. The Morgan fingerprint density at radius 1 is 0.486 bits per heavy atom. The molecule has 0 saturated carbocycles. The Morgan fingerprint density at radius 3 is 1.59 bits per heavy atom. The SMILES string of the molecule is Cc1cccc(C)c1N=C1C(=Nc2c(C)cccc2C)c2c(-c3ccccc3)coc2-c2ccccc21. The smallest absolute Gasteiger partial charge is 0.144 e. The van der Waals surface area contributed by atoms with Crippen LogP contribution in [0.3, 0.4) is 0 Å². The van der Waals surface area contributed by atoms with Crippen molar-refractivity contribution in [3.8, 4) is 22.5 Å². The molecule has 1 aliphatic rings. The maximum atomic E-state index is 6.31. The van der Waals surface area contributed by atoms with Crippen LogP contribution in [0.4, 0.5) is 11.4 Å². The van der Waals surface area contributed by atoms with Gasteiger partial charge in [0.15, 0.2) is 0 Å². The van der Waals surface area contributed by atoms with E-state index in [-0.39, 0.29) is 0 Å². The van der Waals surface area contributed by atoms with Gasteiger partial charge in [0.1, 0.15) is 11.5 Å². The van der Waals surface area contributed by atoms with Gasteiger partial charge in [0.05, 0.1) is 28.9 Å². The normalized spacial score (nSPS) is 14.6. The molecular formula is C34H28N2O. The molecule has 37 heavy (non-hydrogen) atoms. The summed E-state index contributed by atoms with van der Waals surface area (Å²) < 4.78 is 6.31. The second kappa shape index (κ2) is 9.18. The highest BCUT2D eigenvalue weighted by molar-refractivity contribution is 6.58. The maximum Gasteiger partial charge on any atom is 0.144 e. The third kappa shape index (κ3) is 3.93. The van der Waals surface area contributed by atoms with Crippen LogP contribution < -0.4 is 0 Å².